The number of aromatic nitrogens is 3. The molecule has 0 unspecified atom stereocenters. The molecule has 0 bridgehead atoms. The third-order valence-electron chi connectivity index (χ3n) is 4.14. The van der Waals surface area contributed by atoms with Crippen LogP contribution in [0.25, 0.3) is 15.9 Å². The second-order valence-electron chi connectivity index (χ2n) is 5.91. The van der Waals surface area contributed by atoms with E-state index in [2.05, 4.69) is 10.1 Å². The summed E-state index contributed by atoms with van der Waals surface area (Å²) in [5.41, 5.74) is 2.79. The molecular formula is C20H18N4OS. The van der Waals surface area contributed by atoms with Crippen LogP contribution in [0.1, 0.15) is 12.5 Å². The molecule has 26 heavy (non-hydrogen) atoms. The van der Waals surface area contributed by atoms with Crippen molar-refractivity contribution < 1.29 is 4.79 Å². The van der Waals surface area contributed by atoms with Crippen LogP contribution in [0.3, 0.4) is 0 Å². The molecule has 0 saturated heterocycles. The highest BCUT2D eigenvalue weighted by molar-refractivity contribution is 7.22. The molecular weight excluding hydrogens is 344 g/mol. The first-order valence-electron chi connectivity index (χ1n) is 8.49. The quantitative estimate of drug-likeness (QED) is 0.538. The number of hydrogen-bond acceptors (Lipinski definition) is 4. The molecule has 0 aliphatic heterocycles. The summed E-state index contributed by atoms with van der Waals surface area (Å²) in [6, 6.07) is 17.8. The molecule has 4 aromatic rings. The molecule has 0 N–H and O–H groups in total. The van der Waals surface area contributed by atoms with E-state index in [0.29, 0.717) is 13.0 Å². The average molecular weight is 362 g/mol. The van der Waals surface area contributed by atoms with Crippen molar-refractivity contribution in [2.75, 3.05) is 11.4 Å². The predicted molar refractivity (Wildman–Crippen MR) is 105 cm³/mol. The largest absolute Gasteiger partial charge is 0.288 e. The molecule has 2 heterocycles. The second-order valence-corrected chi connectivity index (χ2v) is 6.92. The maximum atomic E-state index is 12.8. The topological polar surface area (TPSA) is 51.0 Å². The van der Waals surface area contributed by atoms with Crippen molar-refractivity contribution in [3.05, 3.63) is 72.6 Å². The molecule has 0 aliphatic carbocycles. The number of likely N-dealkylation sites (N-methyl/N-ethyl adjacent to an activating group) is 1. The van der Waals surface area contributed by atoms with E-state index in [9.17, 15) is 4.79 Å². The first kappa shape index (κ1) is 16.5. The van der Waals surface area contributed by atoms with Crippen molar-refractivity contribution >= 4 is 32.6 Å². The van der Waals surface area contributed by atoms with Crippen LogP contribution < -0.4 is 4.90 Å². The summed E-state index contributed by atoms with van der Waals surface area (Å²) in [6.45, 7) is 2.56. The molecule has 5 nitrogen and oxygen atoms in total. The number of amides is 1. The van der Waals surface area contributed by atoms with Gasteiger partial charge in [-0.15, -0.1) is 0 Å². The number of benzene rings is 2. The minimum atomic E-state index is 0.0270. The Kier molecular flexibility index (Phi) is 4.50. The van der Waals surface area contributed by atoms with Crippen molar-refractivity contribution in [2.45, 2.75) is 13.3 Å². The van der Waals surface area contributed by atoms with Crippen LogP contribution in [0.2, 0.25) is 0 Å². The van der Waals surface area contributed by atoms with E-state index in [1.807, 2.05) is 67.7 Å². The highest BCUT2D eigenvalue weighted by atomic mass is 32.1. The van der Waals surface area contributed by atoms with Gasteiger partial charge in [-0.3, -0.25) is 9.69 Å². The Morgan fingerprint density at radius 1 is 1.12 bits per heavy atom. The zero-order valence-corrected chi connectivity index (χ0v) is 15.2. The van der Waals surface area contributed by atoms with E-state index in [4.69, 9.17) is 0 Å². The lowest BCUT2D eigenvalue weighted by atomic mass is 10.2. The number of nitrogens with zero attached hydrogens (tertiary/aromatic N) is 4. The molecule has 130 valence electrons. The van der Waals surface area contributed by atoms with Gasteiger partial charge in [0.2, 0.25) is 5.91 Å². The number of rotatable bonds is 5. The SMILES string of the molecule is CCN(C(=O)Cc1cnn(-c2ccccc2)c1)c1nc2ccccc2s1. The minimum Gasteiger partial charge on any atom is -0.288 e. The normalized spacial score (nSPS) is 11.0. The average Bonchev–Trinajstić information content (AvgIpc) is 3.30. The highest BCUT2D eigenvalue weighted by Crippen LogP contribution is 2.28. The van der Waals surface area contributed by atoms with Crippen molar-refractivity contribution in [1.82, 2.24) is 14.8 Å². The molecule has 2 aromatic heterocycles. The van der Waals surface area contributed by atoms with Crippen LogP contribution >= 0.6 is 11.3 Å². The number of carbonyl (C=O) groups is 1. The van der Waals surface area contributed by atoms with Crippen molar-refractivity contribution in [3.63, 3.8) is 0 Å². The molecule has 1 amide bonds. The number of hydrogen-bond donors (Lipinski definition) is 0. The van der Waals surface area contributed by atoms with E-state index in [-0.39, 0.29) is 5.91 Å². The van der Waals surface area contributed by atoms with E-state index < -0.39 is 0 Å². The Morgan fingerprint density at radius 3 is 2.65 bits per heavy atom. The van der Waals surface area contributed by atoms with Crippen LogP contribution in [0.15, 0.2) is 67.0 Å². The maximum absolute atomic E-state index is 12.8. The fourth-order valence-corrected chi connectivity index (χ4v) is 3.88. The van der Waals surface area contributed by atoms with Gasteiger partial charge in [-0.25, -0.2) is 9.67 Å². The molecule has 0 saturated carbocycles. The van der Waals surface area contributed by atoms with Gasteiger partial charge in [0.05, 0.1) is 28.5 Å². The highest BCUT2D eigenvalue weighted by Gasteiger charge is 2.19. The number of thiazole rings is 1. The van der Waals surface area contributed by atoms with Gasteiger partial charge >= 0.3 is 0 Å². The third kappa shape index (κ3) is 3.23. The summed E-state index contributed by atoms with van der Waals surface area (Å²) in [7, 11) is 0. The standard InChI is InChI=1S/C20H18N4OS/c1-2-23(20-22-17-10-6-7-11-18(17)26-20)19(25)12-15-13-21-24(14-15)16-8-4-3-5-9-16/h3-11,13-14H,2,12H2,1H3. The van der Waals surface area contributed by atoms with Gasteiger partial charge in [0.15, 0.2) is 5.13 Å². The van der Waals surface area contributed by atoms with E-state index in [1.54, 1.807) is 27.1 Å². The number of carbonyl (C=O) groups excluding carboxylic acids is 1. The molecule has 2 aromatic carbocycles. The maximum Gasteiger partial charge on any atom is 0.233 e. The fraction of sp³-hybridized carbons (Fsp3) is 0.150. The molecule has 4 rings (SSSR count). The molecule has 0 aliphatic rings. The van der Waals surface area contributed by atoms with Crippen molar-refractivity contribution in [1.29, 1.82) is 0 Å². The van der Waals surface area contributed by atoms with Crippen molar-refractivity contribution in [3.8, 4) is 5.69 Å². The van der Waals surface area contributed by atoms with E-state index in [1.165, 1.54) is 0 Å². The zero-order chi connectivity index (χ0) is 17.9. The first-order chi connectivity index (χ1) is 12.7. The Balaban J connectivity index is 1.54. The third-order valence-corrected chi connectivity index (χ3v) is 5.20. The van der Waals surface area contributed by atoms with Crippen molar-refractivity contribution in [2.24, 2.45) is 0 Å². The number of anilines is 1. The Morgan fingerprint density at radius 2 is 1.88 bits per heavy atom. The van der Waals surface area contributed by atoms with Gasteiger partial charge in [0.1, 0.15) is 0 Å². The number of para-hydroxylation sites is 2. The lowest BCUT2D eigenvalue weighted by Crippen LogP contribution is -2.31. The molecule has 0 fully saturated rings. The lowest BCUT2D eigenvalue weighted by Gasteiger charge is -2.17. The first-order valence-corrected chi connectivity index (χ1v) is 9.31. The Hall–Kier alpha value is -2.99. The summed E-state index contributed by atoms with van der Waals surface area (Å²) >= 11 is 1.54. The minimum absolute atomic E-state index is 0.0270. The molecule has 0 spiro atoms. The van der Waals surface area contributed by atoms with Gasteiger partial charge in [-0.05, 0) is 36.8 Å². The second kappa shape index (κ2) is 7.09. The van der Waals surface area contributed by atoms with Gasteiger partial charge < -0.3 is 0 Å². The molecule has 0 atom stereocenters. The van der Waals surface area contributed by atoms with Gasteiger partial charge in [-0.2, -0.15) is 5.10 Å². The van der Waals surface area contributed by atoms with Crippen LogP contribution in [0, 0.1) is 0 Å². The van der Waals surface area contributed by atoms with Gasteiger partial charge in [0, 0.05) is 12.7 Å². The Labute approximate surface area is 155 Å². The smallest absolute Gasteiger partial charge is 0.233 e. The lowest BCUT2D eigenvalue weighted by molar-refractivity contribution is -0.117. The molecule has 0 radical (unpaired) electrons. The van der Waals surface area contributed by atoms with Crippen LogP contribution in [-0.4, -0.2) is 27.2 Å². The summed E-state index contributed by atoms with van der Waals surface area (Å²) in [5.74, 6) is 0.0270. The van der Waals surface area contributed by atoms with E-state index in [0.717, 1.165) is 26.6 Å². The molecule has 6 heteroatoms. The van der Waals surface area contributed by atoms with Crippen LogP contribution in [0.4, 0.5) is 5.13 Å². The van der Waals surface area contributed by atoms with E-state index >= 15 is 0 Å². The van der Waals surface area contributed by atoms with Crippen LogP contribution in [-0.2, 0) is 11.2 Å². The van der Waals surface area contributed by atoms with Crippen LogP contribution in [0.5, 0.6) is 0 Å². The predicted octanol–water partition coefficient (Wildman–Crippen LogP) is 4.08. The van der Waals surface area contributed by atoms with Gasteiger partial charge in [0.25, 0.3) is 0 Å². The van der Waals surface area contributed by atoms with Gasteiger partial charge in [-0.1, -0.05) is 41.7 Å². The number of fused-ring (bicyclic) bond motifs is 1. The summed E-state index contributed by atoms with van der Waals surface area (Å²) in [6.07, 6.45) is 3.95. The summed E-state index contributed by atoms with van der Waals surface area (Å²) in [4.78, 5) is 19.2. The monoisotopic (exact) mass is 362 g/mol. The summed E-state index contributed by atoms with van der Waals surface area (Å²) in [5, 5.41) is 5.11. The summed E-state index contributed by atoms with van der Waals surface area (Å²) < 4.78 is 2.88. The fourth-order valence-electron chi connectivity index (χ4n) is 2.84. The Bertz CT molecular complexity index is 1010. The zero-order valence-electron chi connectivity index (χ0n) is 14.4.